The molecule has 1 saturated heterocycles. The van der Waals surface area contributed by atoms with Gasteiger partial charge < -0.3 is 15.1 Å². The van der Waals surface area contributed by atoms with Crippen molar-refractivity contribution >= 4 is 5.91 Å². The number of rotatable bonds is 5. The Morgan fingerprint density at radius 1 is 1.03 bits per heavy atom. The maximum atomic E-state index is 12.9. The van der Waals surface area contributed by atoms with E-state index in [4.69, 9.17) is 0 Å². The summed E-state index contributed by atoms with van der Waals surface area (Å²) in [7, 11) is 0. The number of aliphatic hydroxyl groups is 1. The summed E-state index contributed by atoms with van der Waals surface area (Å²) in [6.07, 6.45) is 3.36. The van der Waals surface area contributed by atoms with Gasteiger partial charge in [-0.3, -0.25) is 4.79 Å². The molecule has 1 aromatic heterocycles. The highest BCUT2D eigenvalue weighted by molar-refractivity contribution is 5.92. The highest BCUT2D eigenvalue weighted by atomic mass is 16.3. The van der Waals surface area contributed by atoms with Gasteiger partial charge in [0.25, 0.3) is 5.91 Å². The Hall–Kier alpha value is -3.18. The fourth-order valence-electron chi connectivity index (χ4n) is 4.85. The van der Waals surface area contributed by atoms with Crippen LogP contribution in [0.2, 0.25) is 0 Å². The van der Waals surface area contributed by atoms with Gasteiger partial charge in [0.15, 0.2) is 0 Å². The third kappa shape index (κ3) is 3.89. The number of likely N-dealkylation sites (tertiary alicyclic amines) is 1. The van der Waals surface area contributed by atoms with Crippen molar-refractivity contribution in [2.75, 3.05) is 13.1 Å². The molecule has 1 amide bonds. The molecule has 32 heavy (non-hydrogen) atoms. The van der Waals surface area contributed by atoms with E-state index in [1.807, 2.05) is 4.90 Å². The van der Waals surface area contributed by atoms with Crippen LogP contribution in [0.25, 0.3) is 11.1 Å². The van der Waals surface area contributed by atoms with Gasteiger partial charge in [-0.15, -0.1) is 0 Å². The van der Waals surface area contributed by atoms with Crippen molar-refractivity contribution in [2.24, 2.45) is 0 Å². The van der Waals surface area contributed by atoms with Gasteiger partial charge in [-0.1, -0.05) is 36.4 Å². The Bertz CT molecular complexity index is 1170. The predicted octanol–water partition coefficient (Wildman–Crippen LogP) is 4.76. The van der Waals surface area contributed by atoms with Crippen molar-refractivity contribution in [1.82, 2.24) is 9.88 Å². The van der Waals surface area contributed by atoms with Gasteiger partial charge in [0.2, 0.25) is 0 Å². The van der Waals surface area contributed by atoms with Crippen molar-refractivity contribution in [3.8, 4) is 16.9 Å². The van der Waals surface area contributed by atoms with E-state index < -0.39 is 0 Å². The predicted molar refractivity (Wildman–Crippen MR) is 124 cm³/mol. The molecule has 1 aliphatic carbocycles. The Labute approximate surface area is 188 Å². The molecule has 0 spiro atoms. The molecule has 2 fully saturated rings. The first-order chi connectivity index (χ1) is 15.5. The summed E-state index contributed by atoms with van der Waals surface area (Å²) in [5, 5.41) is 19.8. The first kappa shape index (κ1) is 20.7. The molecule has 5 rings (SSSR count). The van der Waals surface area contributed by atoms with E-state index in [-0.39, 0.29) is 24.2 Å². The lowest BCUT2D eigenvalue weighted by atomic mass is 9.89. The number of aromatic hydroxyl groups is 1. The molecular formula is C27H28N2O3. The number of hydrogen-bond acceptors (Lipinski definition) is 4. The van der Waals surface area contributed by atoms with Gasteiger partial charge in [-0.2, -0.15) is 0 Å². The molecule has 2 aliphatic rings. The molecule has 3 aromatic rings. The molecule has 164 valence electrons. The zero-order chi connectivity index (χ0) is 22.2. The summed E-state index contributed by atoms with van der Waals surface area (Å²) >= 11 is 0. The minimum absolute atomic E-state index is 0.0159. The number of nitrogens with zero attached hydrogens (tertiary/aromatic N) is 2. The van der Waals surface area contributed by atoms with Crippen LogP contribution >= 0.6 is 0 Å². The van der Waals surface area contributed by atoms with Crippen LogP contribution < -0.4 is 0 Å². The summed E-state index contributed by atoms with van der Waals surface area (Å²) in [6.45, 7) is 2.93. The van der Waals surface area contributed by atoms with Crippen molar-refractivity contribution in [3.05, 3.63) is 82.7 Å². The van der Waals surface area contributed by atoms with Gasteiger partial charge in [-0.05, 0) is 78.1 Å². The fraction of sp³-hybridized carbons (Fsp3) is 0.333. The second-order valence-corrected chi connectivity index (χ2v) is 8.97. The van der Waals surface area contributed by atoms with Crippen LogP contribution in [-0.4, -0.2) is 39.1 Å². The molecule has 2 aromatic carbocycles. The zero-order valence-electron chi connectivity index (χ0n) is 18.3. The van der Waals surface area contributed by atoms with Crippen LogP contribution in [0.5, 0.6) is 5.75 Å². The quantitative estimate of drug-likeness (QED) is 0.614. The van der Waals surface area contributed by atoms with Crippen LogP contribution in [-0.2, 0) is 6.61 Å². The maximum Gasteiger partial charge on any atom is 0.272 e. The Balaban J connectivity index is 1.37. The molecule has 0 bridgehead atoms. The highest BCUT2D eigenvalue weighted by Gasteiger charge is 2.30. The number of pyridine rings is 1. The van der Waals surface area contributed by atoms with Crippen molar-refractivity contribution in [3.63, 3.8) is 0 Å². The first-order valence-corrected chi connectivity index (χ1v) is 11.3. The minimum atomic E-state index is -0.115. The molecule has 5 nitrogen and oxygen atoms in total. The van der Waals surface area contributed by atoms with Crippen molar-refractivity contribution in [1.29, 1.82) is 0 Å². The summed E-state index contributed by atoms with van der Waals surface area (Å²) in [6, 6.07) is 18.1. The van der Waals surface area contributed by atoms with Crippen LogP contribution in [0, 0.1) is 6.92 Å². The monoisotopic (exact) mass is 428 g/mol. The second kappa shape index (κ2) is 8.40. The molecular weight excluding hydrogens is 400 g/mol. The number of carbonyl (C=O) groups is 1. The lowest BCUT2D eigenvalue weighted by molar-refractivity contribution is 0.0784. The number of aryl methyl sites for hydroxylation is 1. The van der Waals surface area contributed by atoms with E-state index in [9.17, 15) is 15.0 Å². The number of benzene rings is 2. The maximum absolute atomic E-state index is 12.9. The van der Waals surface area contributed by atoms with E-state index in [0.29, 0.717) is 30.4 Å². The first-order valence-electron chi connectivity index (χ1n) is 11.3. The molecule has 5 heteroatoms. The van der Waals surface area contributed by atoms with E-state index in [1.165, 1.54) is 30.0 Å². The Kier molecular flexibility index (Phi) is 5.43. The van der Waals surface area contributed by atoms with Gasteiger partial charge in [0.1, 0.15) is 11.4 Å². The third-order valence-corrected chi connectivity index (χ3v) is 6.79. The van der Waals surface area contributed by atoms with Crippen LogP contribution in [0.3, 0.4) is 0 Å². The molecule has 1 aliphatic heterocycles. The van der Waals surface area contributed by atoms with E-state index in [2.05, 4.69) is 47.4 Å². The topological polar surface area (TPSA) is 73.7 Å². The van der Waals surface area contributed by atoms with Crippen LogP contribution in [0.1, 0.15) is 64.0 Å². The summed E-state index contributed by atoms with van der Waals surface area (Å²) in [4.78, 5) is 19.0. The second-order valence-electron chi connectivity index (χ2n) is 8.97. The molecule has 0 unspecified atom stereocenters. The summed E-state index contributed by atoms with van der Waals surface area (Å²) in [5.74, 6) is 0.829. The molecule has 1 saturated carbocycles. The van der Waals surface area contributed by atoms with Crippen molar-refractivity contribution < 1.29 is 15.0 Å². The average Bonchev–Trinajstić information content (AvgIpc) is 3.56. The normalized spacial score (nSPS) is 18.2. The Morgan fingerprint density at radius 2 is 1.84 bits per heavy atom. The van der Waals surface area contributed by atoms with E-state index in [1.54, 1.807) is 13.0 Å². The Morgan fingerprint density at radius 3 is 2.59 bits per heavy atom. The summed E-state index contributed by atoms with van der Waals surface area (Å²) < 4.78 is 0. The molecule has 0 radical (unpaired) electrons. The van der Waals surface area contributed by atoms with Gasteiger partial charge in [-0.25, -0.2) is 4.98 Å². The van der Waals surface area contributed by atoms with Crippen LogP contribution in [0.15, 0.2) is 54.6 Å². The number of aliphatic hydroxyl groups excluding tert-OH is 1. The van der Waals surface area contributed by atoms with E-state index >= 15 is 0 Å². The standard InChI is InChI=1S/C27H28N2O3/c1-17-26(31)11-10-25(28-17)27(32)29-13-12-20(15-29)22-9-8-19(14-21(22)16-30)24-5-3-2-4-23(24)18-6-7-18/h2-5,8-11,14,18,20,30-31H,6-7,12-13,15-16H2,1H3/t20-/m1/s1. The van der Waals surface area contributed by atoms with Crippen molar-refractivity contribution in [2.45, 2.75) is 44.6 Å². The number of aromatic nitrogens is 1. The van der Waals surface area contributed by atoms with Gasteiger partial charge in [0.05, 0.1) is 12.3 Å². The smallest absolute Gasteiger partial charge is 0.272 e. The largest absolute Gasteiger partial charge is 0.506 e. The number of hydrogen-bond donors (Lipinski definition) is 2. The molecule has 2 heterocycles. The van der Waals surface area contributed by atoms with Crippen LogP contribution in [0.4, 0.5) is 0 Å². The number of carbonyl (C=O) groups excluding carboxylic acids is 1. The molecule has 2 N–H and O–H groups in total. The highest BCUT2D eigenvalue weighted by Crippen LogP contribution is 2.44. The average molecular weight is 429 g/mol. The SMILES string of the molecule is Cc1nc(C(=O)N2CC[C@@H](c3ccc(-c4ccccc4C4CC4)cc3CO)C2)ccc1O. The molecule has 1 atom stereocenters. The van der Waals surface area contributed by atoms with Gasteiger partial charge in [0, 0.05) is 19.0 Å². The van der Waals surface area contributed by atoms with E-state index in [0.717, 1.165) is 23.1 Å². The lowest BCUT2D eigenvalue weighted by Crippen LogP contribution is -2.29. The van der Waals surface area contributed by atoms with Gasteiger partial charge >= 0.3 is 0 Å². The third-order valence-electron chi connectivity index (χ3n) is 6.79. The fourth-order valence-corrected chi connectivity index (χ4v) is 4.85. The zero-order valence-corrected chi connectivity index (χ0v) is 18.3. The summed E-state index contributed by atoms with van der Waals surface area (Å²) in [5.41, 5.74) is 6.67. The minimum Gasteiger partial charge on any atom is -0.506 e. The number of amides is 1. The lowest BCUT2D eigenvalue weighted by Gasteiger charge is -2.19.